The predicted molar refractivity (Wildman–Crippen MR) is 89.2 cm³/mol. The monoisotopic (exact) mass is 344 g/mol. The maximum Gasteiger partial charge on any atom is 0.102 e. The Morgan fingerprint density at radius 3 is 2.76 bits per heavy atom. The van der Waals surface area contributed by atoms with Gasteiger partial charge in [0, 0.05) is 34.4 Å². The predicted octanol–water partition coefficient (Wildman–Crippen LogP) is 3.47. The Kier molecular flexibility index (Phi) is 4.31. The van der Waals surface area contributed by atoms with E-state index in [2.05, 4.69) is 43.0 Å². The molecule has 3 rings (SSSR count). The van der Waals surface area contributed by atoms with Gasteiger partial charge < -0.3 is 5.32 Å². The van der Waals surface area contributed by atoms with Crippen LogP contribution in [0.5, 0.6) is 0 Å². The van der Waals surface area contributed by atoms with Crippen molar-refractivity contribution < 1.29 is 0 Å². The van der Waals surface area contributed by atoms with Crippen LogP contribution in [0.4, 0.5) is 0 Å². The van der Waals surface area contributed by atoms with E-state index in [9.17, 15) is 0 Å². The van der Waals surface area contributed by atoms with Crippen molar-refractivity contribution in [1.29, 1.82) is 0 Å². The molecule has 2 heterocycles. The lowest BCUT2D eigenvalue weighted by Crippen LogP contribution is -2.11. The molecule has 0 amide bonds. The first-order chi connectivity index (χ1) is 10.3. The van der Waals surface area contributed by atoms with Crippen molar-refractivity contribution in [3.05, 3.63) is 47.2 Å². The van der Waals surface area contributed by atoms with E-state index in [0.717, 1.165) is 46.1 Å². The number of pyridine rings is 1. The fourth-order valence-corrected chi connectivity index (χ4v) is 2.68. The molecule has 0 saturated carbocycles. The molecule has 108 valence electrons. The molecule has 0 unspecified atom stereocenters. The highest BCUT2D eigenvalue weighted by molar-refractivity contribution is 9.10. The number of benzene rings is 1. The molecule has 1 N–H and O–H groups in total. The van der Waals surface area contributed by atoms with Crippen LogP contribution in [0.3, 0.4) is 0 Å². The van der Waals surface area contributed by atoms with Gasteiger partial charge in [0.15, 0.2) is 0 Å². The summed E-state index contributed by atoms with van der Waals surface area (Å²) in [5, 5.41) is 9.07. The van der Waals surface area contributed by atoms with Crippen LogP contribution in [0.25, 0.3) is 22.2 Å². The smallest absolute Gasteiger partial charge is 0.102 e. The first-order valence-electron chi connectivity index (χ1n) is 7.00. The number of hydrogen-bond donors (Lipinski definition) is 1. The maximum absolute atomic E-state index is 4.79. The number of rotatable bonds is 5. The molecule has 0 aliphatic carbocycles. The second kappa shape index (κ2) is 6.37. The molecule has 0 aliphatic heterocycles. The molecule has 4 nitrogen and oxygen atoms in total. The van der Waals surface area contributed by atoms with Crippen LogP contribution in [0.2, 0.25) is 0 Å². The standard InChI is InChI=1S/C16H17BrN4/c1-18-8-2-10-21-15-7-9-19-11-14(15)16(20-21)12-3-5-13(17)6-4-12/h3-7,9,11,18H,2,8,10H2,1H3. The summed E-state index contributed by atoms with van der Waals surface area (Å²) in [5.41, 5.74) is 3.25. The number of fused-ring (bicyclic) bond motifs is 1. The van der Waals surface area contributed by atoms with Crippen molar-refractivity contribution in [2.45, 2.75) is 13.0 Å². The molecule has 0 bridgehead atoms. The van der Waals surface area contributed by atoms with Crippen molar-refractivity contribution in [2.75, 3.05) is 13.6 Å². The third-order valence-corrected chi connectivity index (χ3v) is 3.99. The number of halogens is 1. The fourth-order valence-electron chi connectivity index (χ4n) is 2.42. The molecule has 0 fully saturated rings. The third kappa shape index (κ3) is 2.99. The highest BCUT2D eigenvalue weighted by Crippen LogP contribution is 2.28. The summed E-state index contributed by atoms with van der Waals surface area (Å²) in [6.45, 7) is 1.89. The molecule has 0 spiro atoms. The number of nitrogens with zero attached hydrogens (tertiary/aromatic N) is 3. The zero-order valence-corrected chi connectivity index (χ0v) is 13.5. The van der Waals surface area contributed by atoms with Crippen LogP contribution in [0.15, 0.2) is 47.2 Å². The number of nitrogens with one attached hydrogen (secondary N) is 1. The molecule has 2 aromatic heterocycles. The van der Waals surface area contributed by atoms with E-state index < -0.39 is 0 Å². The van der Waals surface area contributed by atoms with Gasteiger partial charge in [-0.25, -0.2) is 0 Å². The quantitative estimate of drug-likeness (QED) is 0.720. The largest absolute Gasteiger partial charge is 0.320 e. The van der Waals surface area contributed by atoms with Gasteiger partial charge in [0.2, 0.25) is 0 Å². The zero-order chi connectivity index (χ0) is 14.7. The summed E-state index contributed by atoms with van der Waals surface area (Å²) < 4.78 is 3.15. The lowest BCUT2D eigenvalue weighted by Gasteiger charge is -2.02. The van der Waals surface area contributed by atoms with Gasteiger partial charge in [-0.1, -0.05) is 28.1 Å². The van der Waals surface area contributed by atoms with Crippen molar-refractivity contribution in [3.8, 4) is 11.3 Å². The van der Waals surface area contributed by atoms with Crippen LogP contribution in [-0.2, 0) is 6.54 Å². The molecule has 3 aromatic rings. The van der Waals surface area contributed by atoms with Gasteiger partial charge in [-0.05, 0) is 38.2 Å². The molecule has 0 radical (unpaired) electrons. The summed E-state index contributed by atoms with van der Waals surface area (Å²) in [7, 11) is 1.97. The van der Waals surface area contributed by atoms with Crippen LogP contribution >= 0.6 is 15.9 Å². The molecule has 0 atom stereocenters. The zero-order valence-electron chi connectivity index (χ0n) is 11.9. The number of hydrogen-bond acceptors (Lipinski definition) is 3. The highest BCUT2D eigenvalue weighted by atomic mass is 79.9. The normalized spacial score (nSPS) is 11.1. The summed E-state index contributed by atoms with van der Waals surface area (Å²) in [6, 6.07) is 10.3. The lowest BCUT2D eigenvalue weighted by atomic mass is 10.1. The van der Waals surface area contributed by atoms with Crippen LogP contribution in [0, 0.1) is 0 Å². The van der Waals surface area contributed by atoms with Gasteiger partial charge in [0.05, 0.1) is 5.52 Å². The lowest BCUT2D eigenvalue weighted by molar-refractivity contribution is 0.578. The Hall–Kier alpha value is -1.72. The summed E-state index contributed by atoms with van der Waals surface area (Å²) in [4.78, 5) is 4.25. The maximum atomic E-state index is 4.79. The Balaban J connectivity index is 2.04. The summed E-state index contributed by atoms with van der Waals surface area (Å²) >= 11 is 3.47. The fraction of sp³-hybridized carbons (Fsp3) is 0.250. The Bertz CT molecular complexity index is 734. The average molecular weight is 345 g/mol. The Morgan fingerprint density at radius 1 is 1.19 bits per heavy atom. The van der Waals surface area contributed by atoms with E-state index in [0.29, 0.717) is 0 Å². The molecule has 21 heavy (non-hydrogen) atoms. The molecular weight excluding hydrogens is 328 g/mol. The van der Waals surface area contributed by atoms with E-state index in [-0.39, 0.29) is 0 Å². The van der Waals surface area contributed by atoms with Crippen molar-refractivity contribution in [3.63, 3.8) is 0 Å². The van der Waals surface area contributed by atoms with E-state index >= 15 is 0 Å². The Labute approximate surface area is 132 Å². The van der Waals surface area contributed by atoms with E-state index in [4.69, 9.17) is 5.10 Å². The van der Waals surface area contributed by atoms with Gasteiger partial charge in [0.1, 0.15) is 5.69 Å². The van der Waals surface area contributed by atoms with E-state index in [1.54, 1.807) is 0 Å². The minimum atomic E-state index is 0.901. The van der Waals surface area contributed by atoms with Gasteiger partial charge in [-0.15, -0.1) is 0 Å². The molecule has 5 heteroatoms. The number of aromatic nitrogens is 3. The topological polar surface area (TPSA) is 42.7 Å². The first-order valence-corrected chi connectivity index (χ1v) is 7.80. The molecule has 0 aliphatic rings. The Morgan fingerprint density at radius 2 is 2.00 bits per heavy atom. The van der Waals surface area contributed by atoms with E-state index in [1.807, 2.05) is 37.6 Å². The molecule has 0 saturated heterocycles. The van der Waals surface area contributed by atoms with Crippen LogP contribution < -0.4 is 5.32 Å². The number of aryl methyl sites for hydroxylation is 1. The van der Waals surface area contributed by atoms with Gasteiger partial charge in [-0.3, -0.25) is 9.67 Å². The van der Waals surface area contributed by atoms with Crippen LogP contribution in [0.1, 0.15) is 6.42 Å². The highest BCUT2D eigenvalue weighted by Gasteiger charge is 2.12. The second-order valence-electron chi connectivity index (χ2n) is 4.93. The first kappa shape index (κ1) is 14.2. The average Bonchev–Trinajstić information content (AvgIpc) is 2.88. The SMILES string of the molecule is CNCCCn1nc(-c2ccc(Br)cc2)c2cnccc21. The summed E-state index contributed by atoms with van der Waals surface area (Å²) in [5.74, 6) is 0. The van der Waals surface area contributed by atoms with Crippen molar-refractivity contribution >= 4 is 26.8 Å². The third-order valence-electron chi connectivity index (χ3n) is 3.47. The minimum absolute atomic E-state index is 0.901. The second-order valence-corrected chi connectivity index (χ2v) is 5.84. The van der Waals surface area contributed by atoms with Crippen molar-refractivity contribution in [2.24, 2.45) is 0 Å². The van der Waals surface area contributed by atoms with Gasteiger partial charge in [-0.2, -0.15) is 5.10 Å². The van der Waals surface area contributed by atoms with Gasteiger partial charge >= 0.3 is 0 Å². The summed E-state index contributed by atoms with van der Waals surface area (Å²) in [6.07, 6.45) is 4.77. The molecular formula is C16H17BrN4. The van der Waals surface area contributed by atoms with E-state index in [1.165, 1.54) is 0 Å². The minimum Gasteiger partial charge on any atom is -0.320 e. The molecule has 1 aromatic carbocycles. The van der Waals surface area contributed by atoms with Gasteiger partial charge in [0.25, 0.3) is 0 Å². The van der Waals surface area contributed by atoms with Crippen LogP contribution in [-0.4, -0.2) is 28.4 Å². The van der Waals surface area contributed by atoms with Crippen molar-refractivity contribution in [1.82, 2.24) is 20.1 Å².